The summed E-state index contributed by atoms with van der Waals surface area (Å²) in [5.41, 5.74) is 5.45. The highest BCUT2D eigenvalue weighted by atomic mass is 16.1. The summed E-state index contributed by atoms with van der Waals surface area (Å²) >= 11 is 0. The molecule has 1 saturated carbocycles. The van der Waals surface area contributed by atoms with Gasteiger partial charge in [-0.25, -0.2) is 0 Å². The molecule has 0 aromatic carbocycles. The second kappa shape index (κ2) is 4.43. The normalized spacial score (nSPS) is 18.8. The first-order chi connectivity index (χ1) is 6.25. The fourth-order valence-corrected chi connectivity index (χ4v) is 1.82. The molecule has 2 N–H and O–H groups in total. The molecule has 0 bridgehead atoms. The van der Waals surface area contributed by atoms with Gasteiger partial charge in [-0.1, -0.05) is 6.42 Å². The number of Topliss-reactive ketones (excluding diaryl/α,β-unsaturated/α-hetero) is 1. The van der Waals surface area contributed by atoms with E-state index in [0.717, 1.165) is 25.7 Å². The largest absolute Gasteiger partial charge is 0.329 e. The molecule has 0 saturated heterocycles. The third-order valence-electron chi connectivity index (χ3n) is 3.02. The first-order valence-corrected chi connectivity index (χ1v) is 4.92. The molecule has 0 amide bonds. The number of ketones is 1. The van der Waals surface area contributed by atoms with Crippen LogP contribution in [0.15, 0.2) is 0 Å². The van der Waals surface area contributed by atoms with Crippen LogP contribution in [0, 0.1) is 17.8 Å². The number of nitrogens with two attached hydrogens (primary N) is 1. The maximum absolute atomic E-state index is 11.7. The van der Waals surface area contributed by atoms with Gasteiger partial charge in [0.25, 0.3) is 0 Å². The number of hydrogen-bond donors (Lipinski definition) is 1. The zero-order chi connectivity index (χ0) is 9.73. The van der Waals surface area contributed by atoms with Crippen molar-refractivity contribution in [1.82, 2.24) is 0 Å². The lowest BCUT2D eigenvalue weighted by molar-refractivity contribution is -0.132. The quantitative estimate of drug-likeness (QED) is 0.513. The minimum Gasteiger partial charge on any atom is -0.329 e. The van der Waals surface area contributed by atoms with Gasteiger partial charge < -0.3 is 5.73 Å². The highest BCUT2D eigenvalue weighted by molar-refractivity contribution is 5.85. The maximum Gasteiger partial charge on any atom is 0.140 e. The van der Waals surface area contributed by atoms with Crippen LogP contribution in [0.2, 0.25) is 0 Å². The first kappa shape index (κ1) is 10.3. The van der Waals surface area contributed by atoms with Gasteiger partial charge in [0.1, 0.15) is 5.78 Å². The van der Waals surface area contributed by atoms with E-state index in [4.69, 9.17) is 12.2 Å². The molecule has 0 aromatic rings. The van der Waals surface area contributed by atoms with Crippen molar-refractivity contribution >= 4 is 5.78 Å². The smallest absolute Gasteiger partial charge is 0.140 e. The lowest BCUT2D eigenvalue weighted by Crippen LogP contribution is -2.44. The van der Waals surface area contributed by atoms with E-state index in [9.17, 15) is 4.79 Å². The molecule has 2 heteroatoms. The van der Waals surface area contributed by atoms with Crippen LogP contribution in [-0.4, -0.2) is 12.3 Å². The van der Waals surface area contributed by atoms with E-state index in [0.29, 0.717) is 25.2 Å². The highest BCUT2D eigenvalue weighted by Gasteiger charge is 2.41. The van der Waals surface area contributed by atoms with Crippen LogP contribution in [-0.2, 0) is 4.79 Å². The van der Waals surface area contributed by atoms with Crippen molar-refractivity contribution in [3.05, 3.63) is 0 Å². The Labute approximate surface area is 79.9 Å². The number of carbonyl (C=O) groups excluding carboxylic acids is 1. The Morgan fingerprint density at radius 3 is 2.62 bits per heavy atom. The highest BCUT2D eigenvalue weighted by Crippen LogP contribution is 2.41. The van der Waals surface area contributed by atoms with Crippen LogP contribution >= 0.6 is 0 Å². The molecule has 0 radical (unpaired) electrons. The summed E-state index contributed by atoms with van der Waals surface area (Å²) in [6.07, 6.45) is 10.4. The summed E-state index contributed by atoms with van der Waals surface area (Å²) in [6.45, 7) is 0.516. The number of unbranched alkanes of at least 4 members (excludes halogenated alkanes) is 1. The minimum absolute atomic E-state index is 0.158. The molecular formula is C11H17NO. The van der Waals surface area contributed by atoms with Gasteiger partial charge in [-0.3, -0.25) is 4.79 Å². The third kappa shape index (κ3) is 2.10. The molecule has 1 fully saturated rings. The first-order valence-electron chi connectivity index (χ1n) is 4.92. The predicted octanol–water partition coefficient (Wildman–Crippen LogP) is 1.49. The second-order valence-corrected chi connectivity index (χ2v) is 3.82. The average Bonchev–Trinajstić information content (AvgIpc) is 2.04. The van der Waals surface area contributed by atoms with Crippen molar-refractivity contribution in [2.24, 2.45) is 11.1 Å². The Balaban J connectivity index is 2.34. The van der Waals surface area contributed by atoms with E-state index in [-0.39, 0.29) is 5.41 Å². The average molecular weight is 179 g/mol. The van der Waals surface area contributed by atoms with Crippen LogP contribution in [0.25, 0.3) is 0 Å². The van der Waals surface area contributed by atoms with Crippen molar-refractivity contribution in [2.45, 2.75) is 38.5 Å². The monoisotopic (exact) mass is 179 g/mol. The van der Waals surface area contributed by atoms with E-state index >= 15 is 0 Å². The Morgan fingerprint density at radius 1 is 1.54 bits per heavy atom. The number of terminal acetylenes is 1. The molecule has 1 aliphatic rings. The lowest BCUT2D eigenvalue weighted by Gasteiger charge is -2.39. The van der Waals surface area contributed by atoms with Crippen LogP contribution in [0.5, 0.6) is 0 Å². The molecule has 72 valence electrons. The van der Waals surface area contributed by atoms with Gasteiger partial charge in [0, 0.05) is 24.8 Å². The zero-order valence-corrected chi connectivity index (χ0v) is 8.01. The Hall–Kier alpha value is -0.810. The Morgan fingerprint density at radius 2 is 2.23 bits per heavy atom. The molecule has 0 aromatic heterocycles. The van der Waals surface area contributed by atoms with Crippen LogP contribution in [0.4, 0.5) is 0 Å². The molecule has 0 aliphatic heterocycles. The summed E-state index contributed by atoms with van der Waals surface area (Å²) in [5, 5.41) is 0. The van der Waals surface area contributed by atoms with E-state index < -0.39 is 0 Å². The second-order valence-electron chi connectivity index (χ2n) is 3.82. The van der Waals surface area contributed by atoms with Crippen molar-refractivity contribution < 1.29 is 4.79 Å². The molecule has 2 nitrogen and oxygen atoms in total. The number of carbonyl (C=O) groups is 1. The van der Waals surface area contributed by atoms with E-state index in [2.05, 4.69) is 5.92 Å². The fourth-order valence-electron chi connectivity index (χ4n) is 1.82. The predicted molar refractivity (Wildman–Crippen MR) is 53.0 cm³/mol. The van der Waals surface area contributed by atoms with Crippen LogP contribution in [0.3, 0.4) is 0 Å². The molecule has 0 spiro atoms. The summed E-state index contributed by atoms with van der Waals surface area (Å²) in [7, 11) is 0. The van der Waals surface area contributed by atoms with Gasteiger partial charge in [0.15, 0.2) is 0 Å². The van der Waals surface area contributed by atoms with Gasteiger partial charge in [-0.15, -0.1) is 12.3 Å². The molecule has 0 atom stereocenters. The van der Waals surface area contributed by atoms with Gasteiger partial charge in [-0.2, -0.15) is 0 Å². The van der Waals surface area contributed by atoms with Gasteiger partial charge in [-0.05, 0) is 19.3 Å². The van der Waals surface area contributed by atoms with Crippen molar-refractivity contribution in [1.29, 1.82) is 0 Å². The fraction of sp³-hybridized carbons (Fsp3) is 0.727. The molecular weight excluding hydrogens is 162 g/mol. The Kier molecular flexibility index (Phi) is 3.50. The molecule has 0 unspecified atom stereocenters. The van der Waals surface area contributed by atoms with E-state index in [1.54, 1.807) is 0 Å². The summed E-state index contributed by atoms with van der Waals surface area (Å²) in [6, 6.07) is 0. The molecule has 1 rings (SSSR count). The topological polar surface area (TPSA) is 43.1 Å². The van der Waals surface area contributed by atoms with Crippen molar-refractivity contribution in [3.8, 4) is 12.3 Å². The summed E-state index contributed by atoms with van der Waals surface area (Å²) < 4.78 is 0. The number of hydrogen-bond acceptors (Lipinski definition) is 2. The Bertz CT molecular complexity index is 217. The maximum atomic E-state index is 11.7. The van der Waals surface area contributed by atoms with Crippen molar-refractivity contribution in [2.75, 3.05) is 6.54 Å². The van der Waals surface area contributed by atoms with E-state index in [1.165, 1.54) is 0 Å². The standard InChI is InChI=1S/C11H17NO/c1-2-3-4-6-10(13)11(9-12)7-5-8-11/h1H,3-9,12H2. The summed E-state index contributed by atoms with van der Waals surface area (Å²) in [5.74, 6) is 2.88. The van der Waals surface area contributed by atoms with Crippen LogP contribution in [0.1, 0.15) is 38.5 Å². The van der Waals surface area contributed by atoms with E-state index in [1.807, 2.05) is 0 Å². The van der Waals surface area contributed by atoms with Gasteiger partial charge in [0.2, 0.25) is 0 Å². The third-order valence-corrected chi connectivity index (χ3v) is 3.02. The van der Waals surface area contributed by atoms with Crippen LogP contribution < -0.4 is 5.73 Å². The molecule has 0 heterocycles. The van der Waals surface area contributed by atoms with Gasteiger partial charge >= 0.3 is 0 Å². The van der Waals surface area contributed by atoms with Crippen molar-refractivity contribution in [3.63, 3.8) is 0 Å². The lowest BCUT2D eigenvalue weighted by atomic mass is 9.65. The SMILES string of the molecule is C#CCCCC(=O)C1(CN)CCC1. The minimum atomic E-state index is -0.158. The number of rotatable bonds is 5. The molecule has 1 aliphatic carbocycles. The molecule has 13 heavy (non-hydrogen) atoms. The van der Waals surface area contributed by atoms with Gasteiger partial charge in [0.05, 0.1) is 0 Å². The summed E-state index contributed by atoms with van der Waals surface area (Å²) in [4.78, 5) is 11.7. The zero-order valence-electron chi connectivity index (χ0n) is 8.01.